The largest absolute Gasteiger partial charge is 0.484 e. The van der Waals surface area contributed by atoms with E-state index in [1.165, 1.54) is 6.39 Å². The molecule has 0 saturated carbocycles. The van der Waals surface area contributed by atoms with Gasteiger partial charge < -0.3 is 14.6 Å². The smallest absolute Gasteiger partial charge is 0.213 e. The van der Waals surface area contributed by atoms with Crippen molar-refractivity contribution in [1.82, 2.24) is 15.5 Å². The molecular weight excluding hydrogens is 266 g/mol. The number of aromatic nitrogens is 2. The molecule has 0 aliphatic rings. The van der Waals surface area contributed by atoms with Crippen LogP contribution in [0.15, 0.2) is 29.1 Å². The lowest BCUT2D eigenvalue weighted by Gasteiger charge is -2.12. The number of benzene rings is 1. The average molecular weight is 282 g/mol. The Hall–Kier alpha value is -1.59. The van der Waals surface area contributed by atoms with Crippen LogP contribution >= 0.6 is 11.6 Å². The third-order valence-electron chi connectivity index (χ3n) is 2.54. The van der Waals surface area contributed by atoms with Crippen LogP contribution in [0.4, 0.5) is 0 Å². The first-order valence-electron chi connectivity index (χ1n) is 6.17. The van der Waals surface area contributed by atoms with Crippen LogP contribution in [0.2, 0.25) is 5.02 Å². The van der Waals surface area contributed by atoms with E-state index in [2.05, 4.69) is 26.9 Å². The first-order valence-corrected chi connectivity index (χ1v) is 6.55. The zero-order valence-corrected chi connectivity index (χ0v) is 11.5. The molecule has 0 saturated heterocycles. The minimum Gasteiger partial charge on any atom is -0.484 e. The van der Waals surface area contributed by atoms with Crippen LogP contribution in [-0.4, -0.2) is 16.7 Å². The van der Waals surface area contributed by atoms with Crippen LogP contribution in [0.1, 0.15) is 24.7 Å². The molecule has 0 bridgehead atoms. The monoisotopic (exact) mass is 281 g/mol. The maximum absolute atomic E-state index is 6.17. The van der Waals surface area contributed by atoms with Gasteiger partial charge >= 0.3 is 0 Å². The molecule has 1 heterocycles. The van der Waals surface area contributed by atoms with Crippen LogP contribution in [0.3, 0.4) is 0 Å². The molecule has 2 rings (SSSR count). The molecule has 19 heavy (non-hydrogen) atoms. The Morgan fingerprint density at radius 3 is 3.05 bits per heavy atom. The predicted molar refractivity (Wildman–Crippen MR) is 72.1 cm³/mol. The zero-order valence-electron chi connectivity index (χ0n) is 10.7. The van der Waals surface area contributed by atoms with Gasteiger partial charge in [-0.15, -0.1) is 0 Å². The van der Waals surface area contributed by atoms with Gasteiger partial charge in [-0.2, -0.15) is 4.98 Å². The van der Waals surface area contributed by atoms with Crippen LogP contribution in [-0.2, 0) is 13.2 Å². The van der Waals surface area contributed by atoms with Crippen molar-refractivity contribution in [3.63, 3.8) is 0 Å². The normalized spacial score (nSPS) is 10.6. The number of halogens is 1. The molecule has 0 aliphatic heterocycles. The molecule has 6 heteroatoms. The maximum atomic E-state index is 6.17. The minimum absolute atomic E-state index is 0.237. The summed E-state index contributed by atoms with van der Waals surface area (Å²) in [6.07, 6.45) is 2.36. The minimum atomic E-state index is 0.237. The fraction of sp³-hybridized carbons (Fsp3) is 0.385. The number of nitrogens with one attached hydrogen (secondary N) is 1. The summed E-state index contributed by atoms with van der Waals surface area (Å²) in [5.41, 5.74) is 1.02. The molecule has 102 valence electrons. The highest BCUT2D eigenvalue weighted by atomic mass is 35.5. The summed E-state index contributed by atoms with van der Waals surface area (Å²) in [7, 11) is 0. The van der Waals surface area contributed by atoms with E-state index in [-0.39, 0.29) is 6.61 Å². The first-order chi connectivity index (χ1) is 9.31. The number of hydrogen-bond acceptors (Lipinski definition) is 5. The fourth-order valence-corrected chi connectivity index (χ4v) is 1.90. The molecule has 2 aromatic rings. The average Bonchev–Trinajstić information content (AvgIpc) is 2.91. The van der Waals surface area contributed by atoms with Gasteiger partial charge in [0.25, 0.3) is 0 Å². The molecular formula is C13H16ClN3O2. The van der Waals surface area contributed by atoms with E-state index < -0.39 is 0 Å². The quantitative estimate of drug-likeness (QED) is 0.791. The van der Waals surface area contributed by atoms with Gasteiger partial charge in [-0.3, -0.25) is 0 Å². The topological polar surface area (TPSA) is 60.2 Å². The van der Waals surface area contributed by atoms with E-state index in [9.17, 15) is 0 Å². The van der Waals surface area contributed by atoms with E-state index in [1.807, 2.05) is 12.1 Å². The second-order valence-electron chi connectivity index (χ2n) is 4.04. The Balaban J connectivity index is 2.04. The van der Waals surface area contributed by atoms with Crippen molar-refractivity contribution in [2.75, 3.05) is 6.54 Å². The first kappa shape index (κ1) is 13.8. The summed E-state index contributed by atoms with van der Waals surface area (Å²) in [5.74, 6) is 1.16. The third-order valence-corrected chi connectivity index (χ3v) is 2.84. The van der Waals surface area contributed by atoms with Crippen LogP contribution in [0.5, 0.6) is 5.75 Å². The maximum Gasteiger partial charge on any atom is 0.213 e. The highest BCUT2D eigenvalue weighted by Crippen LogP contribution is 2.29. The summed E-state index contributed by atoms with van der Waals surface area (Å²) in [6.45, 7) is 4.03. The molecule has 1 aromatic carbocycles. The molecule has 5 nitrogen and oxygen atoms in total. The number of nitrogens with zero attached hydrogens (tertiary/aromatic N) is 2. The second-order valence-corrected chi connectivity index (χ2v) is 4.45. The highest BCUT2D eigenvalue weighted by Gasteiger charge is 2.09. The van der Waals surface area contributed by atoms with Gasteiger partial charge in [0.1, 0.15) is 5.75 Å². The Labute approximate surface area is 116 Å². The van der Waals surface area contributed by atoms with Gasteiger partial charge in [0, 0.05) is 12.1 Å². The lowest BCUT2D eigenvalue weighted by Crippen LogP contribution is -2.14. The van der Waals surface area contributed by atoms with Gasteiger partial charge in [-0.1, -0.05) is 35.8 Å². The molecule has 0 unspecified atom stereocenters. The van der Waals surface area contributed by atoms with E-state index in [1.54, 1.807) is 6.07 Å². The van der Waals surface area contributed by atoms with Crippen molar-refractivity contribution in [3.05, 3.63) is 41.0 Å². The van der Waals surface area contributed by atoms with Crippen molar-refractivity contribution in [2.45, 2.75) is 26.5 Å². The zero-order chi connectivity index (χ0) is 13.5. The standard InChI is InChI=1S/C13H16ClN3O2/c1-2-6-15-7-10-4-3-5-11(14)13(10)18-8-12-16-9-19-17-12/h3-5,9,15H,2,6-8H2,1H3. The van der Waals surface area contributed by atoms with E-state index in [4.69, 9.17) is 16.3 Å². The van der Waals surface area contributed by atoms with E-state index >= 15 is 0 Å². The fourth-order valence-electron chi connectivity index (χ4n) is 1.65. The molecule has 1 aromatic heterocycles. The van der Waals surface area contributed by atoms with Crippen LogP contribution in [0.25, 0.3) is 0 Å². The summed E-state index contributed by atoms with van der Waals surface area (Å²) < 4.78 is 10.3. The summed E-state index contributed by atoms with van der Waals surface area (Å²) in [5, 5.41) is 7.60. The van der Waals surface area contributed by atoms with Crippen molar-refractivity contribution in [3.8, 4) is 5.75 Å². The Bertz CT molecular complexity index is 503. The number of hydrogen-bond donors (Lipinski definition) is 1. The van der Waals surface area contributed by atoms with Crippen molar-refractivity contribution in [1.29, 1.82) is 0 Å². The Morgan fingerprint density at radius 2 is 2.32 bits per heavy atom. The van der Waals surface area contributed by atoms with Crippen molar-refractivity contribution < 1.29 is 9.26 Å². The van der Waals surface area contributed by atoms with Crippen LogP contribution in [0, 0.1) is 0 Å². The SMILES string of the molecule is CCCNCc1cccc(Cl)c1OCc1ncon1. The number of rotatable bonds is 7. The van der Waals surface area contributed by atoms with Crippen molar-refractivity contribution in [2.24, 2.45) is 0 Å². The highest BCUT2D eigenvalue weighted by molar-refractivity contribution is 6.32. The second kappa shape index (κ2) is 7.11. The van der Waals surface area contributed by atoms with Gasteiger partial charge in [-0.05, 0) is 19.0 Å². The number of para-hydroxylation sites is 1. The molecule has 0 fully saturated rings. The van der Waals surface area contributed by atoms with E-state index in [0.717, 1.165) is 25.1 Å². The summed E-state index contributed by atoms with van der Waals surface area (Å²) in [4.78, 5) is 3.90. The van der Waals surface area contributed by atoms with Gasteiger partial charge in [0.2, 0.25) is 12.2 Å². The molecule has 1 N–H and O–H groups in total. The van der Waals surface area contributed by atoms with Crippen LogP contribution < -0.4 is 10.1 Å². The molecule has 0 spiro atoms. The van der Waals surface area contributed by atoms with Gasteiger partial charge in [0.15, 0.2) is 6.61 Å². The van der Waals surface area contributed by atoms with Crippen molar-refractivity contribution >= 4 is 11.6 Å². The molecule has 0 amide bonds. The number of ether oxygens (including phenoxy) is 1. The summed E-state index contributed by atoms with van der Waals surface area (Å²) >= 11 is 6.17. The van der Waals surface area contributed by atoms with E-state index in [0.29, 0.717) is 16.6 Å². The molecule has 0 radical (unpaired) electrons. The van der Waals surface area contributed by atoms with Gasteiger partial charge in [-0.25, -0.2) is 0 Å². The molecule has 0 atom stereocenters. The third kappa shape index (κ3) is 3.94. The summed E-state index contributed by atoms with van der Waals surface area (Å²) in [6, 6.07) is 5.70. The predicted octanol–water partition coefficient (Wildman–Crippen LogP) is 2.80. The Morgan fingerprint density at radius 1 is 1.42 bits per heavy atom. The molecule has 0 aliphatic carbocycles. The lowest BCUT2D eigenvalue weighted by molar-refractivity contribution is 0.283. The Kier molecular flexibility index (Phi) is 5.18. The van der Waals surface area contributed by atoms with Gasteiger partial charge in [0.05, 0.1) is 5.02 Å². The lowest BCUT2D eigenvalue weighted by atomic mass is 10.2.